The van der Waals surface area contributed by atoms with Crippen molar-refractivity contribution in [2.45, 2.75) is 96.5 Å². The number of aryl methyl sites for hydroxylation is 1. The van der Waals surface area contributed by atoms with E-state index in [1.165, 1.54) is 6.92 Å². The van der Waals surface area contributed by atoms with Crippen LogP contribution in [0.15, 0.2) is 60.7 Å². The number of ether oxygens (including phenoxy) is 1. The molecular formula is C40H59N5O8. The van der Waals surface area contributed by atoms with Gasteiger partial charge in [0.1, 0.15) is 23.7 Å². The Bertz CT molecular complexity index is 1460. The van der Waals surface area contributed by atoms with Gasteiger partial charge in [0, 0.05) is 19.5 Å². The Morgan fingerprint density at radius 1 is 0.717 bits per heavy atom. The minimum absolute atomic E-state index is 0.0279. The van der Waals surface area contributed by atoms with Gasteiger partial charge < -0.3 is 36.2 Å². The quantitative estimate of drug-likeness (QED) is 0.111. The molecule has 2 aromatic rings. The van der Waals surface area contributed by atoms with Gasteiger partial charge in [0.15, 0.2) is 5.78 Å². The summed E-state index contributed by atoms with van der Waals surface area (Å²) < 4.78 is 5.39. The third-order valence-corrected chi connectivity index (χ3v) is 9.12. The molecule has 6 N–H and O–H groups in total. The molecule has 13 heteroatoms. The van der Waals surface area contributed by atoms with Crippen molar-refractivity contribution >= 4 is 29.4 Å². The average molecular weight is 738 g/mol. The van der Waals surface area contributed by atoms with Crippen LogP contribution in [0.5, 0.6) is 0 Å². The van der Waals surface area contributed by atoms with Crippen molar-refractivity contribution in [3.05, 3.63) is 71.8 Å². The molecule has 1 aliphatic heterocycles. The van der Waals surface area contributed by atoms with Crippen molar-refractivity contribution in [3.8, 4) is 0 Å². The standard InChI is InChI=1S/C40H59N5O8/c1-27(2)22-32(36(48)40(5,52)26-46)42-39(51)34(24-30-14-10-7-11-15-30)44-38(50)33(23-28(3)4)43-37(49)31(17-16-29-12-8-6-9-13-29)41-35(47)25-45-18-20-53-21-19-45/h6-15,27-28,31-34,46,52H,16-26H2,1-5H3,(H,41,47)(H,42,51)(H,43,49)(H,44,50)/t31-,32-,33?,34-,40+/m0/s1. The van der Waals surface area contributed by atoms with Crippen LogP contribution in [0.25, 0.3) is 0 Å². The molecule has 4 amide bonds. The van der Waals surface area contributed by atoms with Crippen LogP contribution >= 0.6 is 0 Å². The number of hydrogen-bond acceptors (Lipinski definition) is 9. The molecule has 5 atom stereocenters. The van der Waals surface area contributed by atoms with E-state index in [-0.39, 0.29) is 43.6 Å². The molecule has 0 spiro atoms. The fraction of sp³-hybridized carbons (Fsp3) is 0.575. The summed E-state index contributed by atoms with van der Waals surface area (Å²) in [6.45, 7) is 10.3. The SMILES string of the molecule is CC(C)CC(NC(=O)[C@H](CCc1ccccc1)NC(=O)CN1CCOCC1)C(=O)N[C@@H](Cc1ccccc1)C(=O)N[C@@H](CC(C)C)C(=O)[C@](C)(O)CO. The van der Waals surface area contributed by atoms with E-state index in [0.29, 0.717) is 39.1 Å². The lowest BCUT2D eigenvalue weighted by Gasteiger charge is -2.30. The largest absolute Gasteiger partial charge is 0.393 e. The molecule has 1 fully saturated rings. The number of aliphatic hydroxyl groups is 2. The smallest absolute Gasteiger partial charge is 0.243 e. The number of Topliss-reactive ketones (excluding diaryl/α,β-unsaturated/α-hetero) is 1. The molecule has 0 radical (unpaired) electrons. The average Bonchev–Trinajstić information content (AvgIpc) is 3.12. The molecule has 292 valence electrons. The van der Waals surface area contributed by atoms with Crippen LogP contribution in [-0.2, 0) is 41.6 Å². The number of carbonyl (C=O) groups excluding carboxylic acids is 5. The number of rotatable bonds is 21. The Kier molecular flexibility index (Phi) is 17.5. The first-order valence-corrected chi connectivity index (χ1v) is 18.6. The Morgan fingerprint density at radius 3 is 1.77 bits per heavy atom. The van der Waals surface area contributed by atoms with Crippen molar-refractivity contribution < 1.29 is 38.9 Å². The van der Waals surface area contributed by atoms with Crippen LogP contribution in [0.1, 0.15) is 65.0 Å². The minimum atomic E-state index is -2.08. The van der Waals surface area contributed by atoms with Gasteiger partial charge in [0.25, 0.3) is 0 Å². The zero-order valence-corrected chi connectivity index (χ0v) is 31.8. The molecular weight excluding hydrogens is 678 g/mol. The predicted molar refractivity (Wildman–Crippen MR) is 202 cm³/mol. The zero-order chi connectivity index (χ0) is 39.0. The van der Waals surface area contributed by atoms with Gasteiger partial charge in [0.05, 0.1) is 32.4 Å². The van der Waals surface area contributed by atoms with E-state index in [2.05, 4.69) is 21.3 Å². The lowest BCUT2D eigenvalue weighted by atomic mass is 9.90. The van der Waals surface area contributed by atoms with Crippen LogP contribution in [0.4, 0.5) is 0 Å². The molecule has 53 heavy (non-hydrogen) atoms. The van der Waals surface area contributed by atoms with Gasteiger partial charge in [0.2, 0.25) is 23.6 Å². The van der Waals surface area contributed by atoms with Gasteiger partial charge in [-0.2, -0.15) is 0 Å². The van der Waals surface area contributed by atoms with Crippen molar-refractivity contribution in [2.75, 3.05) is 39.5 Å². The number of carbonyl (C=O) groups is 5. The first-order valence-electron chi connectivity index (χ1n) is 18.6. The van der Waals surface area contributed by atoms with Crippen LogP contribution in [-0.4, -0.2) is 114 Å². The molecule has 13 nitrogen and oxygen atoms in total. The molecule has 3 rings (SSSR count). The molecule has 1 unspecified atom stereocenters. The maximum atomic E-state index is 14.1. The third-order valence-electron chi connectivity index (χ3n) is 9.12. The van der Waals surface area contributed by atoms with Crippen LogP contribution in [0.2, 0.25) is 0 Å². The van der Waals surface area contributed by atoms with Gasteiger partial charge >= 0.3 is 0 Å². The summed E-state index contributed by atoms with van der Waals surface area (Å²) in [7, 11) is 0. The number of amides is 4. The topological polar surface area (TPSA) is 186 Å². The van der Waals surface area contributed by atoms with Crippen molar-refractivity contribution in [1.29, 1.82) is 0 Å². The zero-order valence-electron chi connectivity index (χ0n) is 31.8. The number of ketones is 1. The Hall–Kier alpha value is -4.17. The lowest BCUT2D eigenvalue weighted by Crippen LogP contribution is -2.60. The third kappa shape index (κ3) is 15.0. The molecule has 2 aromatic carbocycles. The number of aliphatic hydroxyl groups excluding tert-OH is 1. The maximum absolute atomic E-state index is 14.1. The fourth-order valence-electron chi connectivity index (χ4n) is 6.16. The van der Waals surface area contributed by atoms with E-state index in [1.807, 2.05) is 81.1 Å². The predicted octanol–water partition coefficient (Wildman–Crippen LogP) is 1.54. The number of nitrogens with one attached hydrogen (secondary N) is 4. The summed E-state index contributed by atoms with van der Waals surface area (Å²) in [5.41, 5.74) is -0.337. The molecule has 1 saturated heterocycles. The molecule has 0 bridgehead atoms. The van der Waals surface area contributed by atoms with Crippen molar-refractivity contribution in [2.24, 2.45) is 11.8 Å². The Balaban J connectivity index is 1.84. The highest BCUT2D eigenvalue weighted by molar-refractivity contribution is 5.97. The molecule has 0 aromatic heterocycles. The molecule has 0 saturated carbocycles. The second kappa shape index (κ2) is 21.5. The number of morpholine rings is 1. The van der Waals surface area contributed by atoms with Crippen LogP contribution in [0, 0.1) is 11.8 Å². The van der Waals surface area contributed by atoms with Gasteiger partial charge in [-0.15, -0.1) is 0 Å². The number of nitrogens with zero attached hydrogens (tertiary/aromatic N) is 1. The van der Waals surface area contributed by atoms with E-state index in [4.69, 9.17) is 4.74 Å². The normalized spacial score (nSPS) is 16.8. The monoisotopic (exact) mass is 737 g/mol. The van der Waals surface area contributed by atoms with E-state index < -0.39 is 59.9 Å². The van der Waals surface area contributed by atoms with Crippen LogP contribution in [0.3, 0.4) is 0 Å². The van der Waals surface area contributed by atoms with Crippen molar-refractivity contribution in [3.63, 3.8) is 0 Å². The Morgan fingerprint density at radius 2 is 1.21 bits per heavy atom. The second-order valence-electron chi connectivity index (χ2n) is 15.0. The first kappa shape index (κ1) is 43.2. The molecule has 1 aliphatic rings. The summed E-state index contributed by atoms with van der Waals surface area (Å²) in [5, 5.41) is 31.5. The molecule has 0 aliphatic carbocycles. The van der Waals surface area contributed by atoms with Crippen LogP contribution < -0.4 is 21.3 Å². The number of hydrogen-bond donors (Lipinski definition) is 6. The highest BCUT2D eigenvalue weighted by Crippen LogP contribution is 2.16. The summed E-state index contributed by atoms with van der Waals surface area (Å²) in [6, 6.07) is 14.4. The minimum Gasteiger partial charge on any atom is -0.393 e. The number of benzene rings is 2. The summed E-state index contributed by atoms with van der Waals surface area (Å²) >= 11 is 0. The van der Waals surface area contributed by atoms with E-state index >= 15 is 0 Å². The lowest BCUT2D eigenvalue weighted by molar-refractivity contribution is -0.144. The van der Waals surface area contributed by atoms with E-state index in [1.54, 1.807) is 12.1 Å². The van der Waals surface area contributed by atoms with Gasteiger partial charge in [-0.25, -0.2) is 0 Å². The second-order valence-corrected chi connectivity index (χ2v) is 15.0. The summed E-state index contributed by atoms with van der Waals surface area (Å²) in [6.07, 6.45) is 1.33. The Labute approximate surface area is 313 Å². The summed E-state index contributed by atoms with van der Waals surface area (Å²) in [4.78, 5) is 70.2. The first-order chi connectivity index (χ1) is 25.2. The fourth-order valence-corrected chi connectivity index (χ4v) is 6.16. The van der Waals surface area contributed by atoms with Crippen molar-refractivity contribution in [1.82, 2.24) is 26.2 Å². The van der Waals surface area contributed by atoms with E-state index in [0.717, 1.165) is 11.1 Å². The highest BCUT2D eigenvalue weighted by atomic mass is 16.5. The highest BCUT2D eigenvalue weighted by Gasteiger charge is 2.38. The van der Waals surface area contributed by atoms with Gasteiger partial charge in [-0.1, -0.05) is 88.4 Å². The van der Waals surface area contributed by atoms with E-state index in [9.17, 15) is 34.2 Å². The van der Waals surface area contributed by atoms with Gasteiger partial charge in [-0.3, -0.25) is 28.9 Å². The summed E-state index contributed by atoms with van der Waals surface area (Å²) in [5.74, 6) is -2.89. The van der Waals surface area contributed by atoms with Gasteiger partial charge in [-0.05, 0) is 55.6 Å². The maximum Gasteiger partial charge on any atom is 0.243 e. The molecule has 1 heterocycles.